The van der Waals surface area contributed by atoms with Crippen LogP contribution in [0.1, 0.15) is 36.8 Å². The predicted octanol–water partition coefficient (Wildman–Crippen LogP) is 6.60. The Morgan fingerprint density at radius 3 is 2.78 bits per heavy atom. The van der Waals surface area contributed by atoms with Crippen LogP contribution in [0.25, 0.3) is 6.08 Å². The van der Waals surface area contributed by atoms with Crippen LogP contribution < -0.4 is 4.74 Å². The van der Waals surface area contributed by atoms with E-state index in [1.165, 1.54) is 5.01 Å². The van der Waals surface area contributed by atoms with Crippen molar-refractivity contribution < 1.29 is 18.4 Å². The second-order valence-corrected chi connectivity index (χ2v) is 9.50. The Hall–Kier alpha value is -2.58. The number of ether oxygens (including phenoxy) is 1. The summed E-state index contributed by atoms with van der Waals surface area (Å²) >= 11 is 6.89. The Balaban J connectivity index is 1.43. The number of rotatable bonds is 5. The first-order chi connectivity index (χ1) is 15.6. The number of hydrogen-bond donors (Lipinski definition) is 0. The van der Waals surface area contributed by atoms with Crippen molar-refractivity contribution in [3.63, 3.8) is 0 Å². The van der Waals surface area contributed by atoms with E-state index in [9.17, 15) is 4.79 Å². The summed E-state index contributed by atoms with van der Waals surface area (Å²) in [6.07, 6.45) is 8.15. The summed E-state index contributed by atoms with van der Waals surface area (Å²) in [5.74, 6) is 1.95. The van der Waals surface area contributed by atoms with E-state index < -0.39 is 0 Å². The molecule has 2 aliphatic rings. The van der Waals surface area contributed by atoms with Gasteiger partial charge in [0, 0.05) is 10.4 Å². The van der Waals surface area contributed by atoms with Crippen molar-refractivity contribution in [1.29, 1.82) is 0 Å². The van der Waals surface area contributed by atoms with Crippen LogP contribution in [0.15, 0.2) is 83.4 Å². The number of carbonyl (C=O) groups is 1. The Kier molecular flexibility index (Phi) is 6.06. The number of allylic oxidation sites excluding steroid dienone is 1. The summed E-state index contributed by atoms with van der Waals surface area (Å²) in [6, 6.07) is 12.8. The Bertz CT molecular complexity index is 1170. The average Bonchev–Trinajstić information content (AvgIpc) is 3.53. The molecule has 1 aliphatic heterocycles. The van der Waals surface area contributed by atoms with Crippen LogP contribution in [-0.4, -0.2) is 23.2 Å². The van der Waals surface area contributed by atoms with Crippen molar-refractivity contribution in [3.8, 4) is 5.75 Å². The largest absolute Gasteiger partial charge is 0.483 e. The van der Waals surface area contributed by atoms with E-state index >= 15 is 0 Å². The van der Waals surface area contributed by atoms with Crippen molar-refractivity contribution in [2.24, 2.45) is 11.0 Å². The minimum Gasteiger partial charge on any atom is -0.483 e. The van der Waals surface area contributed by atoms with E-state index in [1.807, 2.05) is 48.5 Å². The molecule has 0 unspecified atom stereocenters. The first-order valence-corrected chi connectivity index (χ1v) is 11.9. The van der Waals surface area contributed by atoms with Crippen LogP contribution in [0.2, 0.25) is 0 Å². The minimum absolute atomic E-state index is 0.0690. The van der Waals surface area contributed by atoms with Gasteiger partial charge in [0.15, 0.2) is 6.61 Å². The van der Waals surface area contributed by atoms with Gasteiger partial charge >= 0.3 is 0 Å². The van der Waals surface area contributed by atoms with E-state index in [0.29, 0.717) is 5.75 Å². The predicted molar refractivity (Wildman–Crippen MR) is 127 cm³/mol. The summed E-state index contributed by atoms with van der Waals surface area (Å²) in [4.78, 5) is 13.3. The van der Waals surface area contributed by atoms with E-state index in [1.54, 1.807) is 12.5 Å². The fourth-order valence-electron chi connectivity index (χ4n) is 4.29. The molecule has 3 heterocycles. The normalized spacial score (nSPS) is 21.5. The summed E-state index contributed by atoms with van der Waals surface area (Å²) in [5, 5.41) is 6.32. The van der Waals surface area contributed by atoms with Crippen LogP contribution in [0.5, 0.6) is 5.75 Å². The lowest BCUT2D eigenvalue weighted by atomic mass is 9.79. The number of hydrogen-bond acceptors (Lipinski definition) is 5. The fourth-order valence-corrected chi connectivity index (χ4v) is 5.45. The third kappa shape index (κ3) is 4.21. The number of benzene rings is 1. The molecule has 2 atom stereocenters. The van der Waals surface area contributed by atoms with Crippen LogP contribution >= 0.6 is 31.9 Å². The van der Waals surface area contributed by atoms with E-state index in [-0.39, 0.29) is 24.5 Å². The number of nitrogens with zero attached hydrogens (tertiary/aromatic N) is 2. The molecule has 0 N–H and O–H groups in total. The van der Waals surface area contributed by atoms with Gasteiger partial charge in [-0.05, 0) is 89.3 Å². The highest BCUT2D eigenvalue weighted by atomic mass is 79.9. The molecule has 1 fully saturated rings. The monoisotopic (exact) mass is 558 g/mol. The molecule has 164 valence electrons. The Morgan fingerprint density at radius 2 is 2.03 bits per heavy atom. The van der Waals surface area contributed by atoms with Crippen LogP contribution in [-0.2, 0) is 4.79 Å². The highest BCUT2D eigenvalue weighted by molar-refractivity contribution is 9.11. The van der Waals surface area contributed by atoms with Crippen molar-refractivity contribution in [2.75, 3.05) is 6.61 Å². The molecule has 5 rings (SSSR count). The van der Waals surface area contributed by atoms with Gasteiger partial charge in [-0.1, -0.05) is 15.9 Å². The number of halogens is 2. The van der Waals surface area contributed by atoms with Crippen LogP contribution in [0.3, 0.4) is 0 Å². The lowest BCUT2D eigenvalue weighted by molar-refractivity contribution is -0.136. The Morgan fingerprint density at radius 1 is 1.19 bits per heavy atom. The molecule has 3 aromatic rings. The SMILES string of the molecule is O=C(COc1ccc(Br)cc1Br)N1N=C2/C(=C\c3ccco3)CCC[C@H]2[C@@H]1c1ccco1. The minimum atomic E-state index is -0.287. The molecule has 6 nitrogen and oxygen atoms in total. The second kappa shape index (κ2) is 9.11. The third-order valence-corrected chi connectivity index (χ3v) is 6.81. The van der Waals surface area contributed by atoms with Gasteiger partial charge in [-0.25, -0.2) is 5.01 Å². The van der Waals surface area contributed by atoms with Gasteiger partial charge in [-0.15, -0.1) is 0 Å². The standard InChI is InChI=1S/C24H20Br2N2O4/c25-16-8-9-20(19(26)13-16)32-14-22(29)28-24(21-7-3-11-31-21)18-6-1-4-15(23(18)27-28)12-17-5-2-10-30-17/h2-3,5,7-13,18,24H,1,4,6,14H2/b15-12-/t18-,24-/m1/s1. The highest BCUT2D eigenvalue weighted by Gasteiger charge is 2.45. The molecular formula is C24H20Br2N2O4. The van der Waals surface area contributed by atoms with E-state index in [4.69, 9.17) is 18.7 Å². The molecule has 0 bridgehead atoms. The number of fused-ring (bicyclic) bond motifs is 1. The van der Waals surface area contributed by atoms with Crippen molar-refractivity contribution in [3.05, 3.63) is 81.0 Å². The van der Waals surface area contributed by atoms with Crippen molar-refractivity contribution in [1.82, 2.24) is 5.01 Å². The molecule has 2 aromatic heterocycles. The number of amides is 1. The highest BCUT2D eigenvalue weighted by Crippen LogP contribution is 2.44. The Labute approximate surface area is 202 Å². The van der Waals surface area contributed by atoms with Crippen molar-refractivity contribution in [2.45, 2.75) is 25.3 Å². The second-order valence-electron chi connectivity index (χ2n) is 7.73. The zero-order valence-electron chi connectivity index (χ0n) is 17.0. The summed E-state index contributed by atoms with van der Waals surface area (Å²) in [5.41, 5.74) is 2.02. The van der Waals surface area contributed by atoms with Crippen LogP contribution in [0.4, 0.5) is 0 Å². The molecule has 0 spiro atoms. The number of carbonyl (C=O) groups excluding carboxylic acids is 1. The van der Waals surface area contributed by atoms with Gasteiger partial charge < -0.3 is 13.6 Å². The van der Waals surface area contributed by atoms with Gasteiger partial charge in [-0.3, -0.25) is 4.79 Å². The quantitative estimate of drug-likeness (QED) is 0.353. The number of hydrazone groups is 1. The van der Waals surface area contributed by atoms with Gasteiger partial charge in [0.25, 0.3) is 5.91 Å². The molecule has 32 heavy (non-hydrogen) atoms. The first kappa shape index (κ1) is 21.3. The molecule has 8 heteroatoms. The van der Waals surface area contributed by atoms with E-state index in [0.717, 1.165) is 51.0 Å². The van der Waals surface area contributed by atoms with Gasteiger partial charge in [0.05, 0.1) is 22.7 Å². The molecule has 0 radical (unpaired) electrons. The van der Waals surface area contributed by atoms with Gasteiger partial charge in [0.1, 0.15) is 23.3 Å². The van der Waals surface area contributed by atoms with E-state index in [2.05, 4.69) is 31.9 Å². The lowest BCUT2D eigenvalue weighted by Crippen LogP contribution is -2.34. The lowest BCUT2D eigenvalue weighted by Gasteiger charge is -2.27. The van der Waals surface area contributed by atoms with Gasteiger partial charge in [0.2, 0.25) is 0 Å². The smallest absolute Gasteiger partial charge is 0.281 e. The third-order valence-electron chi connectivity index (χ3n) is 5.70. The molecular weight excluding hydrogens is 540 g/mol. The molecule has 1 saturated carbocycles. The maximum absolute atomic E-state index is 13.3. The molecule has 1 aliphatic carbocycles. The zero-order chi connectivity index (χ0) is 22.1. The maximum atomic E-state index is 13.3. The average molecular weight is 560 g/mol. The summed E-state index contributed by atoms with van der Waals surface area (Å²) in [7, 11) is 0. The molecule has 1 aromatic carbocycles. The maximum Gasteiger partial charge on any atom is 0.281 e. The molecule has 1 amide bonds. The fraction of sp³-hybridized carbons (Fsp3) is 0.250. The topological polar surface area (TPSA) is 68.2 Å². The van der Waals surface area contributed by atoms with Crippen LogP contribution in [0, 0.1) is 5.92 Å². The number of furan rings is 2. The zero-order valence-corrected chi connectivity index (χ0v) is 20.2. The summed E-state index contributed by atoms with van der Waals surface area (Å²) in [6.45, 7) is -0.127. The van der Waals surface area contributed by atoms with Crippen molar-refractivity contribution >= 4 is 49.6 Å². The molecule has 0 saturated heterocycles. The first-order valence-electron chi connectivity index (χ1n) is 10.4. The van der Waals surface area contributed by atoms with Gasteiger partial charge in [-0.2, -0.15) is 5.10 Å². The summed E-state index contributed by atoms with van der Waals surface area (Å²) < 4.78 is 18.7.